The summed E-state index contributed by atoms with van der Waals surface area (Å²) >= 11 is 1.68. The predicted octanol–water partition coefficient (Wildman–Crippen LogP) is 9.94. The Balaban J connectivity index is 1.01. The lowest BCUT2D eigenvalue weighted by molar-refractivity contribution is -0.268. The van der Waals surface area contributed by atoms with Crippen molar-refractivity contribution in [1.82, 2.24) is 10.3 Å². The van der Waals surface area contributed by atoms with E-state index in [1.165, 1.54) is 0 Å². The minimum atomic E-state index is -0.573. The Bertz CT molecular complexity index is 2060. The molecule has 5 aromatic carbocycles. The number of para-hydroxylation sites is 1. The number of urea groups is 1. The van der Waals surface area contributed by atoms with Gasteiger partial charge in [-0.2, -0.15) is 0 Å². The number of carbonyl (C=O) groups is 1. The summed E-state index contributed by atoms with van der Waals surface area (Å²) in [6, 6.07) is 46.7. The van der Waals surface area contributed by atoms with Gasteiger partial charge in [0.1, 0.15) is 11.5 Å². The van der Waals surface area contributed by atoms with E-state index in [0.717, 1.165) is 49.9 Å². The van der Waals surface area contributed by atoms with Gasteiger partial charge in [-0.25, -0.2) is 9.78 Å². The zero-order chi connectivity index (χ0) is 36.4. The SMILES string of the molecule is CC1C(CSc2ccccn2)OC(c2ccc(-c3ccccc3CNC(=O)Nc3ccc(Oc4ccccc4)cc3)cc2)OC1c1ccc(CO)cc1. The molecule has 6 aromatic rings. The van der Waals surface area contributed by atoms with Gasteiger partial charge in [0, 0.05) is 35.7 Å². The van der Waals surface area contributed by atoms with Crippen LogP contribution in [0.5, 0.6) is 11.5 Å². The van der Waals surface area contributed by atoms with Crippen LogP contribution in [0.15, 0.2) is 157 Å². The number of anilines is 1. The number of pyridine rings is 1. The van der Waals surface area contributed by atoms with E-state index in [1.54, 1.807) is 18.0 Å². The Morgan fingerprint density at radius 1 is 0.774 bits per heavy atom. The van der Waals surface area contributed by atoms with Gasteiger partial charge in [-0.1, -0.05) is 104 Å². The van der Waals surface area contributed by atoms with E-state index in [2.05, 4.69) is 40.7 Å². The number of benzene rings is 5. The van der Waals surface area contributed by atoms with Crippen LogP contribution in [0.25, 0.3) is 11.1 Å². The van der Waals surface area contributed by atoms with Crippen molar-refractivity contribution in [2.24, 2.45) is 5.92 Å². The van der Waals surface area contributed by atoms with Crippen molar-refractivity contribution >= 4 is 23.5 Å². The fourth-order valence-corrected chi connectivity index (χ4v) is 7.29. The topological polar surface area (TPSA) is 102 Å². The summed E-state index contributed by atoms with van der Waals surface area (Å²) in [6.07, 6.45) is 0.936. The van der Waals surface area contributed by atoms with E-state index >= 15 is 0 Å². The second kappa shape index (κ2) is 17.4. The second-order valence-corrected chi connectivity index (χ2v) is 13.9. The van der Waals surface area contributed by atoms with E-state index < -0.39 is 6.29 Å². The predicted molar refractivity (Wildman–Crippen MR) is 209 cm³/mol. The Hall–Kier alpha value is -5.45. The van der Waals surface area contributed by atoms with Crippen molar-refractivity contribution in [3.63, 3.8) is 0 Å². The molecule has 7 rings (SSSR count). The average molecular weight is 724 g/mol. The lowest BCUT2D eigenvalue weighted by Gasteiger charge is -2.41. The summed E-state index contributed by atoms with van der Waals surface area (Å²) in [5.41, 5.74) is 6.51. The first-order valence-electron chi connectivity index (χ1n) is 17.6. The van der Waals surface area contributed by atoms with Crippen molar-refractivity contribution in [3.05, 3.63) is 174 Å². The molecular weight excluding hydrogens is 683 g/mol. The third-order valence-corrected chi connectivity index (χ3v) is 10.2. The maximum absolute atomic E-state index is 12.9. The van der Waals surface area contributed by atoms with Gasteiger partial charge in [-0.05, 0) is 76.3 Å². The Kier molecular flexibility index (Phi) is 11.8. The smallest absolute Gasteiger partial charge is 0.319 e. The molecule has 1 saturated heterocycles. The minimum Gasteiger partial charge on any atom is -0.457 e. The largest absolute Gasteiger partial charge is 0.457 e. The number of ether oxygens (including phenoxy) is 3. The molecule has 1 aromatic heterocycles. The van der Waals surface area contributed by atoms with Crippen LogP contribution in [0.4, 0.5) is 10.5 Å². The van der Waals surface area contributed by atoms with E-state index in [1.807, 2.05) is 127 Å². The van der Waals surface area contributed by atoms with Gasteiger partial charge in [0.15, 0.2) is 6.29 Å². The molecule has 268 valence electrons. The van der Waals surface area contributed by atoms with E-state index in [0.29, 0.717) is 18.0 Å². The van der Waals surface area contributed by atoms with Crippen molar-refractivity contribution in [2.75, 3.05) is 11.1 Å². The third-order valence-electron chi connectivity index (χ3n) is 9.20. The van der Waals surface area contributed by atoms with Gasteiger partial charge < -0.3 is 30.0 Å². The summed E-state index contributed by atoms with van der Waals surface area (Å²) in [4.78, 5) is 17.4. The van der Waals surface area contributed by atoms with Crippen LogP contribution in [0, 0.1) is 5.92 Å². The molecule has 2 amide bonds. The molecule has 1 fully saturated rings. The molecule has 0 bridgehead atoms. The zero-order valence-corrected chi connectivity index (χ0v) is 30.1. The minimum absolute atomic E-state index is 0.00431. The molecule has 53 heavy (non-hydrogen) atoms. The molecule has 3 N–H and O–H groups in total. The van der Waals surface area contributed by atoms with Crippen LogP contribution < -0.4 is 15.4 Å². The molecular formula is C44H41N3O5S. The van der Waals surface area contributed by atoms with Crippen LogP contribution in [0.3, 0.4) is 0 Å². The normalized spacial score (nSPS) is 18.2. The van der Waals surface area contributed by atoms with Gasteiger partial charge in [-0.15, -0.1) is 11.8 Å². The van der Waals surface area contributed by atoms with Crippen LogP contribution in [-0.2, 0) is 22.6 Å². The Morgan fingerprint density at radius 3 is 2.21 bits per heavy atom. The number of aliphatic hydroxyl groups is 1. The van der Waals surface area contributed by atoms with Crippen molar-refractivity contribution < 1.29 is 24.1 Å². The average Bonchev–Trinajstić information content (AvgIpc) is 3.21. The van der Waals surface area contributed by atoms with Crippen LogP contribution in [-0.4, -0.2) is 28.0 Å². The molecule has 4 unspecified atom stereocenters. The lowest BCUT2D eigenvalue weighted by atomic mass is 9.91. The highest BCUT2D eigenvalue weighted by Gasteiger charge is 2.38. The van der Waals surface area contributed by atoms with Gasteiger partial charge in [0.05, 0.1) is 23.8 Å². The van der Waals surface area contributed by atoms with Gasteiger partial charge in [-0.3, -0.25) is 0 Å². The zero-order valence-electron chi connectivity index (χ0n) is 29.3. The number of hydrogen-bond donors (Lipinski definition) is 3. The second-order valence-electron chi connectivity index (χ2n) is 12.8. The number of amides is 2. The lowest BCUT2D eigenvalue weighted by Crippen LogP contribution is -2.38. The molecule has 9 heteroatoms. The number of hydrogen-bond acceptors (Lipinski definition) is 7. The first kappa shape index (κ1) is 35.9. The first-order chi connectivity index (χ1) is 26.0. The number of rotatable bonds is 12. The molecule has 1 aliphatic heterocycles. The highest BCUT2D eigenvalue weighted by molar-refractivity contribution is 7.99. The van der Waals surface area contributed by atoms with Crippen LogP contribution >= 0.6 is 11.8 Å². The van der Waals surface area contributed by atoms with Gasteiger partial charge >= 0.3 is 6.03 Å². The fraction of sp³-hybridized carbons (Fsp3) is 0.182. The van der Waals surface area contributed by atoms with Crippen molar-refractivity contribution in [2.45, 2.75) is 43.6 Å². The molecule has 1 aliphatic rings. The molecule has 0 spiro atoms. The molecule has 0 saturated carbocycles. The van der Waals surface area contributed by atoms with Crippen molar-refractivity contribution in [1.29, 1.82) is 0 Å². The first-order valence-corrected chi connectivity index (χ1v) is 18.6. The Morgan fingerprint density at radius 2 is 1.47 bits per heavy atom. The molecule has 4 atom stereocenters. The molecule has 2 heterocycles. The summed E-state index contributed by atoms with van der Waals surface area (Å²) in [7, 11) is 0. The number of nitrogens with one attached hydrogen (secondary N) is 2. The van der Waals surface area contributed by atoms with Crippen LogP contribution in [0.1, 0.15) is 41.6 Å². The summed E-state index contributed by atoms with van der Waals surface area (Å²) in [5, 5.41) is 16.4. The summed E-state index contributed by atoms with van der Waals surface area (Å²) in [6.45, 7) is 2.50. The van der Waals surface area contributed by atoms with Gasteiger partial charge in [0.2, 0.25) is 0 Å². The van der Waals surface area contributed by atoms with E-state index in [-0.39, 0.29) is 30.8 Å². The maximum Gasteiger partial charge on any atom is 0.319 e. The highest BCUT2D eigenvalue weighted by Crippen LogP contribution is 2.43. The molecule has 0 radical (unpaired) electrons. The highest BCUT2D eigenvalue weighted by atomic mass is 32.2. The number of nitrogens with zero attached hydrogens (tertiary/aromatic N) is 1. The van der Waals surface area contributed by atoms with Crippen LogP contribution in [0.2, 0.25) is 0 Å². The summed E-state index contributed by atoms with van der Waals surface area (Å²) < 4.78 is 19.2. The van der Waals surface area contributed by atoms with E-state index in [9.17, 15) is 9.90 Å². The number of aliphatic hydroxyl groups excluding tert-OH is 1. The fourth-order valence-electron chi connectivity index (χ4n) is 6.27. The quantitative estimate of drug-likeness (QED) is 0.108. The third kappa shape index (κ3) is 9.32. The number of carbonyl (C=O) groups excluding carboxylic acids is 1. The number of thioether (sulfide) groups is 1. The standard InChI is InChI=1S/C44H41N3O5S/c1-30-40(29-53-41-13-7-8-26-45-41)51-43(52-42(30)33-16-14-31(28-48)15-17-33)34-20-18-32(19-21-34)39-12-6-5-9-35(39)27-46-44(49)47-36-22-24-38(25-23-36)50-37-10-3-2-4-11-37/h2-26,30,40,42-43,48H,27-29H2,1H3,(H2,46,47,49). The summed E-state index contributed by atoms with van der Waals surface area (Å²) in [5.74, 6) is 2.24. The molecule has 8 nitrogen and oxygen atoms in total. The Labute approximate surface area is 314 Å². The van der Waals surface area contributed by atoms with E-state index in [4.69, 9.17) is 14.2 Å². The monoisotopic (exact) mass is 723 g/mol. The van der Waals surface area contributed by atoms with Gasteiger partial charge in [0.25, 0.3) is 0 Å². The maximum atomic E-state index is 12.9. The molecule has 0 aliphatic carbocycles. The number of aromatic nitrogens is 1. The van der Waals surface area contributed by atoms with Crippen molar-refractivity contribution in [3.8, 4) is 22.6 Å².